The van der Waals surface area contributed by atoms with Crippen LogP contribution in [0, 0.1) is 6.57 Å². The Labute approximate surface area is 199 Å². The molecule has 0 unspecified atom stereocenters. The van der Waals surface area contributed by atoms with Crippen LogP contribution in [0.5, 0.6) is 5.75 Å². The van der Waals surface area contributed by atoms with Crippen molar-refractivity contribution in [2.45, 2.75) is 58.5 Å². The summed E-state index contributed by atoms with van der Waals surface area (Å²) in [6, 6.07) is 8.20. The molecule has 2 aliphatic heterocycles. The zero-order valence-electron chi connectivity index (χ0n) is 19.7. The molecule has 0 spiro atoms. The van der Waals surface area contributed by atoms with Crippen LogP contribution in [0.25, 0.3) is 26.5 Å². The zero-order chi connectivity index (χ0) is 23.3. The number of carbonyl (C=O) groups excluding carboxylic acids is 1. The summed E-state index contributed by atoms with van der Waals surface area (Å²) in [5.41, 5.74) is 6.77. The SMILES string of the molecule is [C-]#[N+]c1cc2c(cc1OC)CCn1c3c(c(-c4cccs4)c1-2)CCCCN(C(C)(C)C)C3=O. The molecule has 0 saturated heterocycles. The smallest absolute Gasteiger partial charge is 0.271 e. The number of rotatable bonds is 2. The molecule has 1 amide bonds. The lowest BCUT2D eigenvalue weighted by Crippen LogP contribution is -2.47. The van der Waals surface area contributed by atoms with Crippen molar-refractivity contribution in [3.8, 4) is 27.4 Å². The van der Waals surface area contributed by atoms with Gasteiger partial charge in [-0.25, -0.2) is 4.85 Å². The summed E-state index contributed by atoms with van der Waals surface area (Å²) in [6.07, 6.45) is 3.76. The molecule has 0 atom stereocenters. The first kappa shape index (κ1) is 21.8. The van der Waals surface area contributed by atoms with Crippen LogP contribution in [0.2, 0.25) is 0 Å². The Balaban J connectivity index is 1.83. The van der Waals surface area contributed by atoms with Gasteiger partial charge in [-0.3, -0.25) is 4.79 Å². The number of methoxy groups -OCH3 is 1. The standard InChI is InChI=1S/C27H29N3O2S/c1-27(2,3)30-12-7-6-9-18-23(22-10-8-14-33-22)24-19-16-20(28-4)21(32-5)15-17(19)11-13-29(24)25(18)26(30)31/h8,10,14-16H,6-7,9,11-13H2,1-3,5H3. The average Bonchev–Trinajstić information content (AvgIpc) is 3.41. The Hall–Kier alpha value is -3.04. The summed E-state index contributed by atoms with van der Waals surface area (Å²) >= 11 is 1.71. The molecule has 2 aliphatic rings. The van der Waals surface area contributed by atoms with E-state index in [1.807, 2.05) is 17.0 Å². The number of hydrogen-bond acceptors (Lipinski definition) is 3. The Kier molecular flexibility index (Phi) is 5.33. The largest absolute Gasteiger partial charge is 0.508 e. The first-order valence-corrected chi connectivity index (χ1v) is 12.4. The van der Waals surface area contributed by atoms with Crippen molar-refractivity contribution in [2.75, 3.05) is 13.7 Å². The van der Waals surface area contributed by atoms with Crippen LogP contribution in [-0.4, -0.2) is 34.6 Å². The van der Waals surface area contributed by atoms with E-state index >= 15 is 0 Å². The zero-order valence-corrected chi connectivity index (χ0v) is 20.5. The number of fused-ring (bicyclic) bond motifs is 5. The quantitative estimate of drug-likeness (QED) is 0.406. The molecule has 0 radical (unpaired) electrons. The number of amides is 1. The van der Waals surface area contributed by atoms with Gasteiger partial charge in [0, 0.05) is 29.1 Å². The minimum atomic E-state index is -0.239. The summed E-state index contributed by atoms with van der Waals surface area (Å²) < 4.78 is 7.75. The predicted octanol–water partition coefficient (Wildman–Crippen LogP) is 6.58. The van der Waals surface area contributed by atoms with E-state index in [2.05, 4.69) is 47.7 Å². The number of hydrogen-bond donors (Lipinski definition) is 0. The first-order chi connectivity index (χ1) is 15.8. The molecule has 6 heteroatoms. The van der Waals surface area contributed by atoms with Crippen molar-refractivity contribution in [1.82, 2.24) is 9.47 Å². The first-order valence-electron chi connectivity index (χ1n) is 11.5. The lowest BCUT2D eigenvalue weighted by atomic mass is 9.92. The van der Waals surface area contributed by atoms with Gasteiger partial charge in [-0.1, -0.05) is 6.07 Å². The van der Waals surface area contributed by atoms with Crippen LogP contribution in [0.3, 0.4) is 0 Å². The summed E-state index contributed by atoms with van der Waals surface area (Å²) in [5.74, 6) is 0.749. The molecule has 5 nitrogen and oxygen atoms in total. The van der Waals surface area contributed by atoms with Gasteiger partial charge < -0.3 is 14.2 Å². The third-order valence-electron chi connectivity index (χ3n) is 6.83. The van der Waals surface area contributed by atoms with Crippen LogP contribution in [0.1, 0.15) is 55.2 Å². The van der Waals surface area contributed by atoms with Gasteiger partial charge in [0.1, 0.15) is 11.4 Å². The minimum Gasteiger partial charge on any atom is -0.508 e. The monoisotopic (exact) mass is 459 g/mol. The van der Waals surface area contributed by atoms with E-state index < -0.39 is 0 Å². The highest BCUT2D eigenvalue weighted by Gasteiger charge is 2.37. The van der Waals surface area contributed by atoms with Crippen molar-refractivity contribution < 1.29 is 9.53 Å². The van der Waals surface area contributed by atoms with Gasteiger partial charge in [-0.05, 0) is 86.7 Å². The second-order valence-corrected chi connectivity index (χ2v) is 10.8. The molecule has 5 rings (SSSR count). The Morgan fingerprint density at radius 2 is 1.94 bits per heavy atom. The topological polar surface area (TPSA) is 38.8 Å². The highest BCUT2D eigenvalue weighted by Crippen LogP contribution is 2.48. The van der Waals surface area contributed by atoms with Gasteiger partial charge >= 0.3 is 0 Å². The molecule has 170 valence electrons. The van der Waals surface area contributed by atoms with Crippen LogP contribution in [-0.2, 0) is 19.4 Å². The minimum absolute atomic E-state index is 0.128. The van der Waals surface area contributed by atoms with E-state index in [9.17, 15) is 4.79 Å². The fourth-order valence-electron chi connectivity index (χ4n) is 5.31. The van der Waals surface area contributed by atoms with E-state index in [1.54, 1.807) is 18.4 Å². The fraction of sp³-hybridized carbons (Fsp3) is 0.407. The lowest BCUT2D eigenvalue weighted by Gasteiger charge is -2.37. The number of ether oxygens (including phenoxy) is 1. The average molecular weight is 460 g/mol. The molecule has 3 aromatic rings. The van der Waals surface area contributed by atoms with E-state index in [1.165, 1.54) is 21.6 Å². The highest BCUT2D eigenvalue weighted by molar-refractivity contribution is 7.13. The van der Waals surface area contributed by atoms with Gasteiger partial charge in [-0.2, -0.15) is 0 Å². The molecule has 4 heterocycles. The summed E-state index contributed by atoms with van der Waals surface area (Å²) in [4.78, 5) is 21.0. The molecule has 0 bridgehead atoms. The Morgan fingerprint density at radius 1 is 1.12 bits per heavy atom. The highest BCUT2D eigenvalue weighted by atomic mass is 32.1. The van der Waals surface area contributed by atoms with E-state index in [0.717, 1.165) is 55.7 Å². The summed E-state index contributed by atoms with van der Waals surface area (Å²) in [5, 5.41) is 2.10. The third kappa shape index (κ3) is 3.46. The number of benzene rings is 1. The van der Waals surface area contributed by atoms with Crippen LogP contribution in [0.4, 0.5) is 5.69 Å². The molecule has 33 heavy (non-hydrogen) atoms. The van der Waals surface area contributed by atoms with Gasteiger partial charge in [0.05, 0.1) is 19.4 Å². The van der Waals surface area contributed by atoms with Crippen LogP contribution < -0.4 is 4.74 Å². The van der Waals surface area contributed by atoms with Gasteiger partial charge in [0.2, 0.25) is 5.69 Å². The molecule has 0 fully saturated rings. The van der Waals surface area contributed by atoms with Crippen molar-refractivity contribution >= 4 is 22.9 Å². The predicted molar refractivity (Wildman–Crippen MR) is 133 cm³/mol. The number of nitrogens with zero attached hydrogens (tertiary/aromatic N) is 3. The second-order valence-electron chi connectivity index (χ2n) is 9.81. The van der Waals surface area contributed by atoms with E-state index in [0.29, 0.717) is 11.4 Å². The maximum atomic E-state index is 14.1. The van der Waals surface area contributed by atoms with Crippen LogP contribution in [0.15, 0.2) is 29.6 Å². The van der Waals surface area contributed by atoms with Crippen molar-refractivity contribution in [1.29, 1.82) is 0 Å². The van der Waals surface area contributed by atoms with E-state index in [-0.39, 0.29) is 11.4 Å². The Morgan fingerprint density at radius 3 is 2.61 bits per heavy atom. The third-order valence-corrected chi connectivity index (χ3v) is 7.72. The molecular weight excluding hydrogens is 430 g/mol. The Bertz CT molecular complexity index is 1270. The lowest BCUT2D eigenvalue weighted by molar-refractivity contribution is 0.0559. The maximum Gasteiger partial charge on any atom is 0.271 e. The molecule has 0 saturated carbocycles. The molecular formula is C27H29N3O2S. The fourth-order valence-corrected chi connectivity index (χ4v) is 6.11. The van der Waals surface area contributed by atoms with Gasteiger partial charge in [0.25, 0.3) is 5.91 Å². The van der Waals surface area contributed by atoms with Crippen molar-refractivity contribution in [3.63, 3.8) is 0 Å². The normalized spacial score (nSPS) is 15.7. The molecule has 2 aromatic heterocycles. The molecule has 0 aliphatic carbocycles. The second kappa shape index (κ2) is 8.07. The van der Waals surface area contributed by atoms with Crippen molar-refractivity contribution in [3.05, 3.63) is 57.9 Å². The van der Waals surface area contributed by atoms with E-state index in [4.69, 9.17) is 11.3 Å². The number of aryl methyl sites for hydroxylation is 1. The van der Waals surface area contributed by atoms with Gasteiger partial charge in [0.15, 0.2) is 0 Å². The number of carbonyl (C=O) groups is 1. The number of thiophene rings is 1. The van der Waals surface area contributed by atoms with Gasteiger partial charge in [-0.15, -0.1) is 11.3 Å². The summed E-state index contributed by atoms with van der Waals surface area (Å²) in [7, 11) is 1.62. The summed E-state index contributed by atoms with van der Waals surface area (Å²) in [6.45, 7) is 15.6. The molecule has 1 aromatic carbocycles. The molecule has 0 N–H and O–H groups in total. The van der Waals surface area contributed by atoms with Crippen molar-refractivity contribution in [2.24, 2.45) is 0 Å². The van der Waals surface area contributed by atoms with Crippen LogP contribution >= 0.6 is 11.3 Å². The maximum absolute atomic E-state index is 14.1. The number of aromatic nitrogens is 1.